The first-order valence-corrected chi connectivity index (χ1v) is 8.54. The molecule has 0 saturated carbocycles. The summed E-state index contributed by atoms with van der Waals surface area (Å²) >= 11 is 0. The molecule has 2 aromatic carbocycles. The minimum Gasteiger partial charge on any atom is -0.497 e. The molecule has 0 bridgehead atoms. The van der Waals surface area contributed by atoms with Gasteiger partial charge in [-0.2, -0.15) is 0 Å². The van der Waals surface area contributed by atoms with Crippen molar-refractivity contribution in [3.05, 3.63) is 53.1 Å². The maximum Gasteiger partial charge on any atom is 0.325 e. The zero-order chi connectivity index (χ0) is 19.2. The molecule has 0 fully saturated rings. The Morgan fingerprint density at radius 2 is 1.81 bits per heavy atom. The maximum atomic E-state index is 12.4. The Hall–Kier alpha value is -3.22. The van der Waals surface area contributed by atoms with Crippen LogP contribution in [-0.4, -0.2) is 38.7 Å². The van der Waals surface area contributed by atoms with E-state index in [2.05, 4.69) is 5.32 Å². The molecule has 0 atom stereocenters. The topological polar surface area (TPSA) is 83.1 Å². The van der Waals surface area contributed by atoms with E-state index >= 15 is 0 Å². The summed E-state index contributed by atoms with van der Waals surface area (Å²) in [5.74, 6) is 1.03. The first-order valence-electron chi connectivity index (χ1n) is 8.54. The van der Waals surface area contributed by atoms with Crippen LogP contribution < -0.4 is 19.5 Å². The fraction of sp³-hybridized carbons (Fsp3) is 0.300. The number of nitrogens with one attached hydrogen (secondary N) is 1. The molecule has 0 aromatic heterocycles. The van der Waals surface area contributed by atoms with Crippen LogP contribution in [0.25, 0.3) is 0 Å². The average Bonchev–Trinajstić information content (AvgIpc) is 2.71. The van der Waals surface area contributed by atoms with Crippen molar-refractivity contribution in [3.63, 3.8) is 0 Å². The summed E-state index contributed by atoms with van der Waals surface area (Å²) in [5, 5.41) is 2.57. The lowest BCUT2D eigenvalue weighted by Crippen LogP contribution is -2.31. The highest BCUT2D eigenvalue weighted by atomic mass is 16.6. The molecule has 0 spiro atoms. The van der Waals surface area contributed by atoms with Gasteiger partial charge < -0.3 is 24.3 Å². The molecule has 1 amide bonds. The minimum absolute atomic E-state index is 0.127. The lowest BCUT2D eigenvalue weighted by molar-refractivity contribution is -0.143. The Morgan fingerprint density at radius 1 is 1.07 bits per heavy atom. The zero-order valence-corrected chi connectivity index (χ0v) is 15.2. The number of esters is 1. The summed E-state index contributed by atoms with van der Waals surface area (Å²) in [6.07, 6.45) is 0. The molecule has 7 nitrogen and oxygen atoms in total. The second-order valence-electron chi connectivity index (χ2n) is 5.95. The average molecular weight is 371 g/mol. The van der Waals surface area contributed by atoms with Crippen LogP contribution in [0.15, 0.2) is 36.4 Å². The van der Waals surface area contributed by atoms with Crippen molar-refractivity contribution in [2.45, 2.75) is 13.5 Å². The summed E-state index contributed by atoms with van der Waals surface area (Å²) in [7, 11) is 1.58. The van der Waals surface area contributed by atoms with E-state index < -0.39 is 5.97 Å². The zero-order valence-electron chi connectivity index (χ0n) is 15.2. The van der Waals surface area contributed by atoms with Gasteiger partial charge in [-0.1, -0.05) is 12.1 Å². The van der Waals surface area contributed by atoms with Crippen LogP contribution in [-0.2, 0) is 16.1 Å². The summed E-state index contributed by atoms with van der Waals surface area (Å²) in [4.78, 5) is 24.3. The van der Waals surface area contributed by atoms with Crippen molar-refractivity contribution in [2.75, 3.05) is 26.9 Å². The molecule has 0 aliphatic carbocycles. The summed E-state index contributed by atoms with van der Waals surface area (Å²) in [6, 6.07) is 10.5. The standard InChI is InChI=1S/C20H21NO6/c1-13-16(7-8-17-19(13)26-10-9-25-17)20(23)21-11-18(22)27-12-14-3-5-15(24-2)6-4-14/h3-8H,9-12H2,1-2H3,(H,21,23). The first-order chi connectivity index (χ1) is 13.1. The molecule has 2 aromatic rings. The third-order valence-corrected chi connectivity index (χ3v) is 4.15. The molecule has 1 heterocycles. The second kappa shape index (κ2) is 8.44. The SMILES string of the molecule is COc1ccc(COC(=O)CNC(=O)c2ccc3c(c2C)OCCO3)cc1. The number of methoxy groups -OCH3 is 1. The smallest absolute Gasteiger partial charge is 0.325 e. The van der Waals surface area contributed by atoms with Gasteiger partial charge in [0.15, 0.2) is 11.5 Å². The number of benzene rings is 2. The molecule has 0 radical (unpaired) electrons. The van der Waals surface area contributed by atoms with E-state index in [1.54, 1.807) is 38.3 Å². The van der Waals surface area contributed by atoms with E-state index in [1.165, 1.54) is 0 Å². The van der Waals surface area contributed by atoms with Crippen LogP contribution in [0, 0.1) is 6.92 Å². The van der Waals surface area contributed by atoms with Gasteiger partial charge in [0.05, 0.1) is 7.11 Å². The van der Waals surface area contributed by atoms with Crippen molar-refractivity contribution >= 4 is 11.9 Å². The van der Waals surface area contributed by atoms with Crippen LogP contribution in [0.1, 0.15) is 21.5 Å². The number of hydrogen-bond donors (Lipinski definition) is 1. The van der Waals surface area contributed by atoms with Crippen molar-refractivity contribution in [1.82, 2.24) is 5.32 Å². The second-order valence-corrected chi connectivity index (χ2v) is 5.95. The predicted molar refractivity (Wildman–Crippen MR) is 97.3 cm³/mol. The summed E-state index contributed by atoms with van der Waals surface area (Å²) < 4.78 is 21.3. The number of hydrogen-bond acceptors (Lipinski definition) is 6. The largest absolute Gasteiger partial charge is 0.497 e. The quantitative estimate of drug-likeness (QED) is 0.784. The van der Waals surface area contributed by atoms with Crippen molar-refractivity contribution in [2.24, 2.45) is 0 Å². The summed E-state index contributed by atoms with van der Waals surface area (Å²) in [5.41, 5.74) is 1.94. The third-order valence-electron chi connectivity index (χ3n) is 4.15. The van der Waals surface area contributed by atoms with Crippen LogP contribution >= 0.6 is 0 Å². The minimum atomic E-state index is -0.519. The van der Waals surface area contributed by atoms with E-state index in [4.69, 9.17) is 18.9 Å². The van der Waals surface area contributed by atoms with Gasteiger partial charge in [-0.3, -0.25) is 9.59 Å². The van der Waals surface area contributed by atoms with Gasteiger partial charge in [-0.15, -0.1) is 0 Å². The molecule has 3 rings (SSSR count). The van der Waals surface area contributed by atoms with Gasteiger partial charge in [0, 0.05) is 11.1 Å². The van der Waals surface area contributed by atoms with Gasteiger partial charge in [0.25, 0.3) is 5.91 Å². The highest BCUT2D eigenvalue weighted by molar-refractivity contribution is 5.98. The van der Waals surface area contributed by atoms with Crippen LogP contribution in [0.4, 0.5) is 0 Å². The molecule has 1 N–H and O–H groups in total. The maximum absolute atomic E-state index is 12.4. The number of ether oxygens (including phenoxy) is 4. The van der Waals surface area contributed by atoms with Crippen LogP contribution in [0.3, 0.4) is 0 Å². The lowest BCUT2D eigenvalue weighted by atomic mass is 10.1. The highest BCUT2D eigenvalue weighted by Crippen LogP contribution is 2.35. The van der Waals surface area contributed by atoms with Gasteiger partial charge in [-0.25, -0.2) is 0 Å². The first kappa shape index (κ1) is 18.6. The number of carbonyl (C=O) groups excluding carboxylic acids is 2. The number of rotatable bonds is 6. The van der Waals surface area contributed by atoms with E-state index in [-0.39, 0.29) is 19.1 Å². The third kappa shape index (κ3) is 4.49. The molecule has 0 saturated heterocycles. The van der Waals surface area contributed by atoms with Crippen molar-refractivity contribution < 1.29 is 28.5 Å². The molecular formula is C20H21NO6. The Morgan fingerprint density at radius 3 is 2.56 bits per heavy atom. The Bertz CT molecular complexity index is 831. The van der Waals surface area contributed by atoms with Gasteiger partial charge >= 0.3 is 5.97 Å². The van der Waals surface area contributed by atoms with Gasteiger partial charge in [0.1, 0.15) is 32.1 Å². The van der Waals surface area contributed by atoms with Crippen molar-refractivity contribution in [3.8, 4) is 17.2 Å². The number of amides is 1. The monoisotopic (exact) mass is 371 g/mol. The van der Waals surface area contributed by atoms with E-state index in [0.717, 1.165) is 11.3 Å². The molecule has 7 heteroatoms. The fourth-order valence-corrected chi connectivity index (χ4v) is 2.69. The number of carbonyl (C=O) groups is 2. The molecule has 27 heavy (non-hydrogen) atoms. The molecule has 142 valence electrons. The van der Waals surface area contributed by atoms with Gasteiger partial charge in [-0.05, 0) is 36.8 Å². The summed E-state index contributed by atoms with van der Waals surface area (Å²) in [6.45, 7) is 2.61. The van der Waals surface area contributed by atoms with E-state index in [1.807, 2.05) is 12.1 Å². The Balaban J connectivity index is 1.52. The van der Waals surface area contributed by atoms with E-state index in [9.17, 15) is 9.59 Å². The normalized spacial score (nSPS) is 12.2. The van der Waals surface area contributed by atoms with E-state index in [0.29, 0.717) is 35.8 Å². The Kier molecular flexibility index (Phi) is 5.80. The fourth-order valence-electron chi connectivity index (χ4n) is 2.69. The van der Waals surface area contributed by atoms with Crippen LogP contribution in [0.5, 0.6) is 17.2 Å². The molecule has 1 aliphatic rings. The van der Waals surface area contributed by atoms with Crippen LogP contribution in [0.2, 0.25) is 0 Å². The van der Waals surface area contributed by atoms with Gasteiger partial charge in [0.2, 0.25) is 0 Å². The number of fused-ring (bicyclic) bond motifs is 1. The predicted octanol–water partition coefficient (Wildman–Crippen LogP) is 2.25. The highest BCUT2D eigenvalue weighted by Gasteiger charge is 2.20. The molecular weight excluding hydrogens is 350 g/mol. The lowest BCUT2D eigenvalue weighted by Gasteiger charge is -2.21. The Labute approximate surface area is 157 Å². The van der Waals surface area contributed by atoms with Crippen molar-refractivity contribution in [1.29, 1.82) is 0 Å². The molecule has 1 aliphatic heterocycles. The molecule has 0 unspecified atom stereocenters.